The zero-order chi connectivity index (χ0) is 51.1. The van der Waals surface area contributed by atoms with Crippen LogP contribution in [-0.2, 0) is 28.6 Å². The lowest BCUT2D eigenvalue weighted by Crippen LogP contribution is -2.30. The van der Waals surface area contributed by atoms with Gasteiger partial charge >= 0.3 is 17.9 Å². The average Bonchev–Trinajstić information content (AvgIpc) is 3.35. The molecule has 1 unspecified atom stereocenters. The number of hydrogen-bond acceptors (Lipinski definition) is 6. The van der Waals surface area contributed by atoms with E-state index in [1.54, 1.807) is 0 Å². The van der Waals surface area contributed by atoms with Gasteiger partial charge in [-0.3, -0.25) is 14.4 Å². The van der Waals surface area contributed by atoms with Gasteiger partial charge in [-0.2, -0.15) is 0 Å². The van der Waals surface area contributed by atoms with E-state index in [4.69, 9.17) is 14.2 Å². The van der Waals surface area contributed by atoms with Crippen LogP contribution in [0.2, 0.25) is 0 Å². The average molecular weight is 990 g/mol. The number of esters is 3. The Morgan fingerprint density at radius 1 is 0.300 bits per heavy atom. The number of carbonyl (C=O) groups is 3. The van der Waals surface area contributed by atoms with Gasteiger partial charge in [-0.1, -0.05) is 324 Å². The number of rotatable bonds is 58. The van der Waals surface area contributed by atoms with E-state index in [2.05, 4.69) is 34.6 Å². The fourth-order valence-corrected chi connectivity index (χ4v) is 9.90. The topological polar surface area (TPSA) is 78.9 Å². The molecule has 0 saturated heterocycles. The minimum absolute atomic E-state index is 0.0624. The summed E-state index contributed by atoms with van der Waals surface area (Å²) in [6.07, 6.45) is 62.5. The minimum Gasteiger partial charge on any atom is -0.462 e. The van der Waals surface area contributed by atoms with Crippen molar-refractivity contribution in [2.75, 3.05) is 13.2 Å². The first-order chi connectivity index (χ1) is 34.3. The van der Waals surface area contributed by atoms with Crippen molar-refractivity contribution in [1.29, 1.82) is 0 Å². The van der Waals surface area contributed by atoms with E-state index in [0.29, 0.717) is 19.3 Å². The van der Waals surface area contributed by atoms with Crippen LogP contribution in [0.5, 0.6) is 0 Å². The molecule has 0 aliphatic rings. The monoisotopic (exact) mass is 989 g/mol. The Hall–Kier alpha value is -1.59. The summed E-state index contributed by atoms with van der Waals surface area (Å²) in [4.78, 5) is 38.3. The first-order valence-electron chi connectivity index (χ1n) is 31.8. The van der Waals surface area contributed by atoms with Crippen molar-refractivity contribution in [1.82, 2.24) is 0 Å². The smallest absolute Gasteiger partial charge is 0.306 e. The third-order valence-electron chi connectivity index (χ3n) is 15.1. The highest BCUT2D eigenvalue weighted by molar-refractivity contribution is 5.71. The summed E-state index contributed by atoms with van der Waals surface area (Å²) in [6, 6.07) is 0. The van der Waals surface area contributed by atoms with Crippen LogP contribution < -0.4 is 0 Å². The van der Waals surface area contributed by atoms with Gasteiger partial charge < -0.3 is 14.2 Å². The van der Waals surface area contributed by atoms with Crippen LogP contribution >= 0.6 is 0 Å². The molecular weight excluding hydrogens is 865 g/mol. The third-order valence-corrected chi connectivity index (χ3v) is 15.1. The number of hydrogen-bond donors (Lipinski definition) is 0. The van der Waals surface area contributed by atoms with Gasteiger partial charge in [-0.05, 0) is 31.1 Å². The van der Waals surface area contributed by atoms with Gasteiger partial charge in [0.25, 0.3) is 0 Å². The summed E-state index contributed by atoms with van der Waals surface area (Å²) in [5, 5.41) is 0. The quantitative estimate of drug-likeness (QED) is 0.0343. The van der Waals surface area contributed by atoms with Gasteiger partial charge in [-0.15, -0.1) is 0 Å². The second-order valence-electron chi connectivity index (χ2n) is 22.8. The zero-order valence-electron chi connectivity index (χ0n) is 48.2. The van der Waals surface area contributed by atoms with Crippen LogP contribution in [0, 0.1) is 11.8 Å². The Kier molecular flexibility index (Phi) is 55.4. The molecule has 0 rings (SSSR count). The molecule has 6 heteroatoms. The van der Waals surface area contributed by atoms with Gasteiger partial charge in [0.1, 0.15) is 13.2 Å². The SMILES string of the molecule is CCCCCCCCCCCCCCCCCCCCCC(=O)O[C@@H](COC(=O)CCCCCCCCCCCCCCCCCCCCC(C)C)COC(=O)CCCCCCCCCCC(C)CC. The zero-order valence-corrected chi connectivity index (χ0v) is 48.2. The van der Waals surface area contributed by atoms with E-state index in [1.165, 1.54) is 250 Å². The molecule has 0 aliphatic carbocycles. The molecule has 416 valence electrons. The van der Waals surface area contributed by atoms with E-state index in [-0.39, 0.29) is 31.1 Å². The van der Waals surface area contributed by atoms with Crippen LogP contribution in [0.15, 0.2) is 0 Å². The lowest BCUT2D eigenvalue weighted by molar-refractivity contribution is -0.167. The molecule has 0 N–H and O–H groups in total. The molecule has 0 aromatic rings. The molecule has 70 heavy (non-hydrogen) atoms. The van der Waals surface area contributed by atoms with Gasteiger partial charge in [0, 0.05) is 19.3 Å². The standard InChI is InChI=1S/C64H124O6/c1-6-8-9-10-11-12-13-14-15-16-17-22-25-28-31-34-41-46-51-56-64(67)70-61(58-69-63(66)55-50-45-40-36-35-38-43-48-53-60(5)7-2)57-68-62(65)54-49-44-39-33-30-27-24-21-19-18-20-23-26-29-32-37-42-47-52-59(3)4/h59-61H,6-58H2,1-5H3/t60?,61-/m0/s1. The van der Waals surface area contributed by atoms with Gasteiger partial charge in [0.15, 0.2) is 6.10 Å². The molecule has 0 spiro atoms. The highest BCUT2D eigenvalue weighted by Gasteiger charge is 2.19. The molecule has 0 aliphatic heterocycles. The summed E-state index contributed by atoms with van der Waals surface area (Å²) in [7, 11) is 0. The molecule has 2 atom stereocenters. The lowest BCUT2D eigenvalue weighted by Gasteiger charge is -2.18. The molecule has 0 saturated carbocycles. The highest BCUT2D eigenvalue weighted by Crippen LogP contribution is 2.19. The molecule has 0 aromatic heterocycles. The van der Waals surface area contributed by atoms with E-state index >= 15 is 0 Å². The van der Waals surface area contributed by atoms with E-state index in [1.807, 2.05) is 0 Å². The van der Waals surface area contributed by atoms with Crippen LogP contribution in [0.1, 0.15) is 362 Å². The maximum absolute atomic E-state index is 12.9. The number of ether oxygens (including phenoxy) is 3. The Labute approximate surface area is 438 Å². The molecule has 6 nitrogen and oxygen atoms in total. The van der Waals surface area contributed by atoms with E-state index in [9.17, 15) is 14.4 Å². The fraction of sp³-hybridized carbons (Fsp3) is 0.953. The molecule has 0 fully saturated rings. The predicted molar refractivity (Wildman–Crippen MR) is 303 cm³/mol. The first kappa shape index (κ1) is 68.4. The number of unbranched alkanes of at least 4 members (excludes halogenated alkanes) is 42. The largest absolute Gasteiger partial charge is 0.462 e. The normalized spacial score (nSPS) is 12.4. The lowest BCUT2D eigenvalue weighted by atomic mass is 9.99. The maximum Gasteiger partial charge on any atom is 0.306 e. The molecular formula is C64H124O6. The van der Waals surface area contributed by atoms with Crippen LogP contribution in [-0.4, -0.2) is 37.2 Å². The minimum atomic E-state index is -0.764. The number of carbonyl (C=O) groups excluding carboxylic acids is 3. The van der Waals surface area contributed by atoms with Crippen molar-refractivity contribution in [2.45, 2.75) is 368 Å². The molecule has 0 bridgehead atoms. The van der Waals surface area contributed by atoms with Crippen LogP contribution in [0.25, 0.3) is 0 Å². The second-order valence-corrected chi connectivity index (χ2v) is 22.8. The fourth-order valence-electron chi connectivity index (χ4n) is 9.90. The molecule has 0 heterocycles. The summed E-state index contributed by atoms with van der Waals surface area (Å²) in [6.45, 7) is 11.5. The predicted octanol–water partition coefficient (Wildman–Crippen LogP) is 21.2. The van der Waals surface area contributed by atoms with Crippen molar-refractivity contribution < 1.29 is 28.6 Å². The molecule has 0 radical (unpaired) electrons. The summed E-state index contributed by atoms with van der Waals surface area (Å²) in [5.74, 6) is 0.872. The van der Waals surface area contributed by atoms with E-state index < -0.39 is 6.10 Å². The summed E-state index contributed by atoms with van der Waals surface area (Å²) < 4.78 is 16.9. The summed E-state index contributed by atoms with van der Waals surface area (Å²) >= 11 is 0. The van der Waals surface area contributed by atoms with Crippen molar-refractivity contribution in [3.05, 3.63) is 0 Å². The van der Waals surface area contributed by atoms with Crippen molar-refractivity contribution in [2.24, 2.45) is 11.8 Å². The maximum atomic E-state index is 12.9. The van der Waals surface area contributed by atoms with Crippen molar-refractivity contribution in [3.63, 3.8) is 0 Å². The Morgan fingerprint density at radius 2 is 0.543 bits per heavy atom. The van der Waals surface area contributed by atoms with Crippen molar-refractivity contribution >= 4 is 17.9 Å². The molecule has 0 aromatic carbocycles. The second kappa shape index (κ2) is 56.7. The van der Waals surface area contributed by atoms with Crippen LogP contribution in [0.3, 0.4) is 0 Å². The molecule has 0 amide bonds. The third kappa shape index (κ3) is 55.7. The van der Waals surface area contributed by atoms with Gasteiger partial charge in [-0.25, -0.2) is 0 Å². The van der Waals surface area contributed by atoms with Crippen LogP contribution in [0.4, 0.5) is 0 Å². The van der Waals surface area contributed by atoms with Crippen molar-refractivity contribution in [3.8, 4) is 0 Å². The van der Waals surface area contributed by atoms with E-state index in [0.717, 1.165) is 69.6 Å². The van der Waals surface area contributed by atoms with Gasteiger partial charge in [0.05, 0.1) is 0 Å². The first-order valence-corrected chi connectivity index (χ1v) is 31.8. The highest BCUT2D eigenvalue weighted by atomic mass is 16.6. The Morgan fingerprint density at radius 3 is 0.814 bits per heavy atom. The van der Waals surface area contributed by atoms with Gasteiger partial charge in [0.2, 0.25) is 0 Å². The Bertz CT molecular complexity index is 1070. The summed E-state index contributed by atoms with van der Waals surface area (Å²) in [5.41, 5.74) is 0. The Balaban J connectivity index is 4.24.